The highest BCUT2D eigenvalue weighted by Gasteiger charge is 2.26. The molecule has 0 bridgehead atoms. The summed E-state index contributed by atoms with van der Waals surface area (Å²) >= 11 is 0. The molecule has 0 radical (unpaired) electrons. The minimum atomic E-state index is 0.221. The Labute approximate surface area is 231 Å². The van der Waals surface area contributed by atoms with Crippen molar-refractivity contribution in [2.24, 2.45) is 5.92 Å². The maximum absolute atomic E-state index is 12.4. The van der Waals surface area contributed by atoms with Gasteiger partial charge in [-0.25, -0.2) is 9.50 Å². The summed E-state index contributed by atoms with van der Waals surface area (Å²) in [6.45, 7) is 10.0. The lowest BCUT2D eigenvalue weighted by Gasteiger charge is -2.28. The van der Waals surface area contributed by atoms with Gasteiger partial charge >= 0.3 is 0 Å². The molecule has 1 aliphatic rings. The second-order valence-corrected chi connectivity index (χ2v) is 11.6. The third-order valence-electron chi connectivity index (χ3n) is 8.76. The van der Waals surface area contributed by atoms with E-state index in [9.17, 15) is 4.79 Å². The van der Waals surface area contributed by atoms with Gasteiger partial charge in [0, 0.05) is 56.1 Å². The normalized spacial score (nSPS) is 17.9. The van der Waals surface area contributed by atoms with E-state index in [4.69, 9.17) is 9.72 Å². The van der Waals surface area contributed by atoms with Crippen molar-refractivity contribution in [1.82, 2.24) is 29.5 Å². The van der Waals surface area contributed by atoms with Crippen LogP contribution in [0.1, 0.15) is 86.6 Å². The van der Waals surface area contributed by atoms with Crippen LogP contribution >= 0.6 is 0 Å². The molecule has 0 unspecified atom stereocenters. The highest BCUT2D eigenvalue weighted by Crippen LogP contribution is 2.40. The highest BCUT2D eigenvalue weighted by atomic mass is 16.5. The van der Waals surface area contributed by atoms with Crippen LogP contribution < -0.4 is 0 Å². The van der Waals surface area contributed by atoms with Crippen molar-refractivity contribution in [2.75, 3.05) is 27.3 Å². The zero-order valence-corrected chi connectivity index (χ0v) is 24.3. The Bertz CT molecular complexity index is 1460. The molecule has 0 aliphatic heterocycles. The zero-order chi connectivity index (χ0) is 27.7. The number of pyridine rings is 2. The Morgan fingerprint density at radius 3 is 2.67 bits per heavy atom. The molecule has 1 aliphatic carbocycles. The predicted octanol–water partition coefficient (Wildman–Crippen LogP) is 6.17. The number of carbonyl (C=O) groups is 1. The van der Waals surface area contributed by atoms with E-state index in [-0.39, 0.29) is 5.91 Å². The molecular weight excluding hydrogens is 488 g/mol. The Kier molecular flexibility index (Phi) is 8.03. The Hall–Kier alpha value is -3.26. The Morgan fingerprint density at radius 2 is 1.95 bits per heavy atom. The number of aromatic nitrogens is 5. The van der Waals surface area contributed by atoms with E-state index < -0.39 is 0 Å². The van der Waals surface area contributed by atoms with Gasteiger partial charge in [-0.15, -0.1) is 0 Å². The van der Waals surface area contributed by atoms with Crippen LogP contribution in [0.5, 0.6) is 0 Å². The van der Waals surface area contributed by atoms with Gasteiger partial charge in [-0.3, -0.25) is 9.78 Å². The average Bonchev–Trinajstić information content (AvgIpc) is 3.57. The van der Waals surface area contributed by atoms with Crippen LogP contribution in [0.15, 0.2) is 24.7 Å². The number of aromatic amines is 1. The lowest BCUT2D eigenvalue weighted by molar-refractivity contribution is -0.130. The van der Waals surface area contributed by atoms with E-state index in [0.29, 0.717) is 37.3 Å². The second-order valence-electron chi connectivity index (χ2n) is 11.6. The average molecular weight is 531 g/mol. The van der Waals surface area contributed by atoms with Crippen LogP contribution in [0.3, 0.4) is 0 Å². The van der Waals surface area contributed by atoms with Crippen molar-refractivity contribution in [2.45, 2.75) is 78.1 Å². The minimum absolute atomic E-state index is 0.221. The monoisotopic (exact) mass is 530 g/mol. The fourth-order valence-corrected chi connectivity index (χ4v) is 6.17. The van der Waals surface area contributed by atoms with Crippen LogP contribution in [-0.4, -0.2) is 62.7 Å². The van der Waals surface area contributed by atoms with Crippen LogP contribution in [0, 0.1) is 19.8 Å². The van der Waals surface area contributed by atoms with Gasteiger partial charge in [0.1, 0.15) is 6.33 Å². The van der Waals surface area contributed by atoms with E-state index in [1.165, 1.54) is 16.8 Å². The Balaban J connectivity index is 1.34. The molecule has 39 heavy (non-hydrogen) atoms. The number of methoxy groups -OCH3 is 1. The largest absolute Gasteiger partial charge is 0.383 e. The van der Waals surface area contributed by atoms with Crippen molar-refractivity contribution in [3.8, 4) is 11.3 Å². The summed E-state index contributed by atoms with van der Waals surface area (Å²) in [5.41, 5.74) is 10.2. The number of hydrogen-bond donors (Lipinski definition) is 1. The van der Waals surface area contributed by atoms with Crippen molar-refractivity contribution in [3.05, 3.63) is 47.0 Å². The molecule has 1 fully saturated rings. The van der Waals surface area contributed by atoms with Crippen molar-refractivity contribution >= 4 is 22.6 Å². The topological polar surface area (TPSA) is 88.4 Å². The molecule has 4 heterocycles. The van der Waals surface area contributed by atoms with E-state index in [1.807, 2.05) is 11.6 Å². The molecule has 1 N–H and O–H groups in total. The second kappa shape index (κ2) is 11.5. The number of hydrogen-bond acceptors (Lipinski definition) is 5. The maximum atomic E-state index is 12.4. The molecule has 0 atom stereocenters. The first-order chi connectivity index (χ1) is 18.8. The number of amides is 1. The molecule has 8 nitrogen and oxygen atoms in total. The lowest BCUT2D eigenvalue weighted by atomic mass is 9.78. The van der Waals surface area contributed by atoms with Crippen molar-refractivity contribution < 1.29 is 9.53 Å². The number of nitrogens with one attached hydrogen (secondary N) is 1. The first-order valence-corrected chi connectivity index (χ1v) is 14.3. The smallest absolute Gasteiger partial charge is 0.222 e. The number of H-pyrrole nitrogens is 1. The summed E-state index contributed by atoms with van der Waals surface area (Å²) in [5.74, 6) is 1.63. The molecular formula is C31H42N6O2. The van der Waals surface area contributed by atoms with Gasteiger partial charge in [-0.2, -0.15) is 5.10 Å². The fourth-order valence-electron chi connectivity index (χ4n) is 6.17. The number of ether oxygens (including phenoxy) is 1. The lowest BCUT2D eigenvalue weighted by Crippen LogP contribution is -2.30. The number of nitrogens with zero attached hydrogens (tertiary/aromatic N) is 5. The summed E-state index contributed by atoms with van der Waals surface area (Å²) < 4.78 is 6.97. The molecule has 0 spiro atoms. The van der Waals surface area contributed by atoms with Gasteiger partial charge in [-0.1, -0.05) is 13.8 Å². The van der Waals surface area contributed by atoms with E-state index in [0.717, 1.165) is 65.6 Å². The van der Waals surface area contributed by atoms with Gasteiger partial charge in [0.15, 0.2) is 5.65 Å². The standard InChI is InChI=1S/C31H42N6O2/c1-19(2)28-29(24-17-37-31(32-18-33-37)21(4)20(24)3)35-26-13-12-25(34-30(26)28)23-10-7-22(8-11-23)9-14-27(38)36(5)15-16-39-6/h12-13,17-19,22-23,35H,7-11,14-16H2,1-6H3. The summed E-state index contributed by atoms with van der Waals surface area (Å²) in [4.78, 5) is 27.6. The molecule has 0 saturated heterocycles. The molecule has 0 aromatic carbocycles. The van der Waals surface area contributed by atoms with E-state index >= 15 is 0 Å². The molecule has 4 aromatic heterocycles. The van der Waals surface area contributed by atoms with Gasteiger partial charge in [0.25, 0.3) is 0 Å². The van der Waals surface area contributed by atoms with E-state index in [1.54, 1.807) is 18.3 Å². The third-order valence-corrected chi connectivity index (χ3v) is 8.76. The summed E-state index contributed by atoms with van der Waals surface area (Å²) in [7, 11) is 3.54. The Morgan fingerprint density at radius 1 is 1.18 bits per heavy atom. The number of carbonyl (C=O) groups excluding carboxylic acids is 1. The van der Waals surface area contributed by atoms with Gasteiger partial charge < -0.3 is 14.6 Å². The SMILES string of the molecule is COCCN(C)C(=O)CCC1CCC(c2ccc3[nH]c(-c4cn5ncnc5c(C)c4C)c(C(C)C)c3n2)CC1. The minimum Gasteiger partial charge on any atom is -0.383 e. The van der Waals surface area contributed by atoms with E-state index in [2.05, 4.69) is 61.1 Å². The maximum Gasteiger partial charge on any atom is 0.222 e. The fraction of sp³-hybridized carbons (Fsp3) is 0.548. The third kappa shape index (κ3) is 5.44. The summed E-state index contributed by atoms with van der Waals surface area (Å²) in [6.07, 6.45) is 9.88. The zero-order valence-electron chi connectivity index (χ0n) is 24.3. The number of aryl methyl sites for hydroxylation is 1. The molecule has 208 valence electrons. The van der Waals surface area contributed by atoms with Gasteiger partial charge in [0.2, 0.25) is 5.91 Å². The number of rotatable bonds is 9. The first-order valence-electron chi connectivity index (χ1n) is 14.3. The van der Waals surface area contributed by atoms with Crippen molar-refractivity contribution in [1.29, 1.82) is 0 Å². The van der Waals surface area contributed by atoms with Crippen LogP contribution in [0.25, 0.3) is 27.9 Å². The summed E-state index contributed by atoms with van der Waals surface area (Å²) in [6, 6.07) is 4.43. The highest BCUT2D eigenvalue weighted by molar-refractivity contribution is 5.89. The van der Waals surface area contributed by atoms with Crippen molar-refractivity contribution in [3.63, 3.8) is 0 Å². The molecule has 4 aromatic rings. The number of likely N-dealkylation sites (N-methyl/N-ethyl adjacent to an activating group) is 1. The van der Waals surface area contributed by atoms with Crippen LogP contribution in [0.2, 0.25) is 0 Å². The van der Waals surface area contributed by atoms with Crippen LogP contribution in [0.4, 0.5) is 0 Å². The first kappa shape index (κ1) is 27.3. The van der Waals surface area contributed by atoms with Gasteiger partial charge in [0.05, 0.1) is 23.3 Å². The summed E-state index contributed by atoms with van der Waals surface area (Å²) in [5, 5.41) is 4.41. The molecule has 5 rings (SSSR count). The molecule has 8 heteroatoms. The number of fused-ring (bicyclic) bond motifs is 2. The molecule has 1 amide bonds. The molecule has 1 saturated carbocycles. The predicted molar refractivity (Wildman–Crippen MR) is 155 cm³/mol. The van der Waals surface area contributed by atoms with Crippen LogP contribution in [-0.2, 0) is 9.53 Å². The quantitative estimate of drug-likeness (QED) is 0.279. The van der Waals surface area contributed by atoms with Gasteiger partial charge in [-0.05, 0) is 81.0 Å².